The molecule has 0 saturated heterocycles. The molecule has 0 heterocycles. The van der Waals surface area contributed by atoms with Crippen molar-refractivity contribution in [3.8, 4) is 5.75 Å². The molecule has 17 heavy (non-hydrogen) atoms. The molecule has 0 amide bonds. The fraction of sp³-hybridized carbons (Fsp3) is 0.182. The third kappa shape index (κ3) is 3.25. The van der Waals surface area contributed by atoms with Gasteiger partial charge in [0.1, 0.15) is 11.3 Å². The highest BCUT2D eigenvalue weighted by atomic mass is 16.5. The van der Waals surface area contributed by atoms with Gasteiger partial charge in [0.2, 0.25) is 4.91 Å². The first-order valence-electron chi connectivity index (χ1n) is 4.73. The first-order chi connectivity index (χ1) is 8.08. The highest BCUT2D eigenvalue weighted by Crippen LogP contribution is 2.20. The molecule has 88 valence electrons. The van der Waals surface area contributed by atoms with Crippen molar-refractivity contribution in [3.63, 3.8) is 0 Å². The molecule has 0 saturated carbocycles. The topological polar surface area (TPSA) is 99.7 Å². The van der Waals surface area contributed by atoms with Crippen LogP contribution in [0.25, 0.3) is 6.08 Å². The molecule has 0 aliphatic rings. The molecule has 1 N–H and O–H groups in total. The second-order valence-corrected chi connectivity index (χ2v) is 3.25. The van der Waals surface area contributed by atoms with E-state index in [1.54, 1.807) is 25.3 Å². The summed E-state index contributed by atoms with van der Waals surface area (Å²) in [5, 5.41) is 13.8. The lowest BCUT2D eigenvalue weighted by Gasteiger charge is -2.05. The van der Waals surface area contributed by atoms with Gasteiger partial charge < -0.3 is 14.6 Å². The third-order valence-corrected chi connectivity index (χ3v) is 2.09. The lowest BCUT2D eigenvalue weighted by atomic mass is 10.1. The maximum Gasteiger partial charge on any atom is 0.220 e. The van der Waals surface area contributed by atoms with Crippen molar-refractivity contribution < 1.29 is 14.6 Å². The summed E-state index contributed by atoms with van der Waals surface area (Å²) < 4.78 is 5.08. The van der Waals surface area contributed by atoms with Crippen LogP contribution in [0, 0.1) is 12.5 Å². The van der Waals surface area contributed by atoms with Crippen LogP contribution in [-0.2, 0) is 4.79 Å². The number of nitrogens with one attached hydrogen (secondary N) is 1. The van der Waals surface area contributed by atoms with Gasteiger partial charge in [0.25, 0.3) is 0 Å². The van der Waals surface area contributed by atoms with E-state index in [1.807, 2.05) is 6.92 Å². The van der Waals surface area contributed by atoms with Crippen molar-refractivity contribution >= 4 is 12.0 Å². The number of carbonyl (C=O) groups excluding carboxylic acids is 1. The molecular weight excluding hydrogens is 222 g/mol. The fourth-order valence-electron chi connectivity index (χ4n) is 1.33. The van der Waals surface area contributed by atoms with E-state index in [1.165, 1.54) is 6.08 Å². The molecule has 0 fully saturated rings. The molecule has 0 atom stereocenters. The van der Waals surface area contributed by atoms with Crippen LogP contribution in [-0.4, -0.2) is 13.1 Å². The average molecular weight is 233 g/mol. The number of methoxy groups -OCH3 is 1. The molecule has 0 unspecified atom stereocenters. The van der Waals surface area contributed by atoms with Crippen LogP contribution in [0.15, 0.2) is 29.0 Å². The van der Waals surface area contributed by atoms with Crippen LogP contribution >= 0.6 is 0 Å². The number of benzene rings is 1. The number of ether oxygens (including phenoxy) is 1. The first-order valence-corrected chi connectivity index (χ1v) is 4.73. The second-order valence-electron chi connectivity index (χ2n) is 3.25. The number of carbonyl (C=O) groups is 1. The van der Waals surface area contributed by atoms with Crippen molar-refractivity contribution in [2.75, 3.05) is 7.11 Å². The lowest BCUT2D eigenvalue weighted by molar-refractivity contribution is -0.299. The normalized spacial score (nSPS) is 10.6. The number of rotatable bonds is 4. The summed E-state index contributed by atoms with van der Waals surface area (Å²) in [4.78, 5) is 13.3. The van der Waals surface area contributed by atoms with Crippen LogP contribution in [0.3, 0.4) is 0 Å². The minimum atomic E-state index is -1.48. The molecule has 1 rings (SSSR count). The molecule has 0 radical (unpaired) electrons. The monoisotopic (exact) mass is 233 g/mol. The van der Waals surface area contributed by atoms with Crippen molar-refractivity contribution in [1.82, 2.24) is 4.91 Å². The zero-order valence-electron chi connectivity index (χ0n) is 9.43. The van der Waals surface area contributed by atoms with Gasteiger partial charge in [0, 0.05) is 0 Å². The molecule has 1 aromatic carbocycles. The lowest BCUT2D eigenvalue weighted by Crippen LogP contribution is -2.23. The zero-order valence-corrected chi connectivity index (χ0v) is 9.43. The highest BCUT2D eigenvalue weighted by Gasteiger charge is 2.04. The van der Waals surface area contributed by atoms with Crippen LogP contribution in [0.4, 0.5) is 0 Å². The molecule has 0 aliphatic heterocycles. The maximum absolute atomic E-state index is 10.7. The summed E-state index contributed by atoms with van der Waals surface area (Å²) in [6.07, 6.45) is 1.28. The Hall–Kier alpha value is -2.46. The molecule has 0 spiro atoms. The SMILES string of the molecule is COc1ccc(C=C(N=[N+]=N)C(=O)[O-])cc1C. The predicted molar refractivity (Wildman–Crippen MR) is 58.0 cm³/mol. The summed E-state index contributed by atoms with van der Waals surface area (Å²) in [5.74, 6) is -0.770. The minimum absolute atomic E-state index is 0.399. The quantitative estimate of drug-likeness (QED) is 0.469. The largest absolute Gasteiger partial charge is 0.543 e. The number of hydrogen-bond acceptors (Lipinski definition) is 5. The van der Waals surface area contributed by atoms with Crippen molar-refractivity contribution in [2.24, 2.45) is 5.11 Å². The number of nitrogens with zero attached hydrogens (tertiary/aromatic N) is 2. The van der Waals surface area contributed by atoms with E-state index in [0.29, 0.717) is 11.3 Å². The van der Waals surface area contributed by atoms with Crippen LogP contribution in [0.2, 0.25) is 0 Å². The molecule has 1 aromatic rings. The second kappa shape index (κ2) is 5.58. The summed E-state index contributed by atoms with van der Waals surface area (Å²) >= 11 is 0. The van der Waals surface area contributed by atoms with E-state index in [0.717, 1.165) is 5.56 Å². The summed E-state index contributed by atoms with van der Waals surface area (Å²) in [7, 11) is 1.55. The van der Waals surface area contributed by atoms with E-state index < -0.39 is 11.7 Å². The van der Waals surface area contributed by atoms with Gasteiger partial charge in [-0.25, -0.2) is 0 Å². The van der Waals surface area contributed by atoms with Gasteiger partial charge in [-0.05, 0) is 36.3 Å². The Morgan fingerprint density at radius 3 is 2.76 bits per heavy atom. The van der Waals surface area contributed by atoms with Gasteiger partial charge >= 0.3 is 0 Å². The summed E-state index contributed by atoms with van der Waals surface area (Å²) in [6.45, 7) is 1.83. The van der Waals surface area contributed by atoms with Gasteiger partial charge in [-0.1, -0.05) is 6.07 Å². The zero-order chi connectivity index (χ0) is 12.8. The van der Waals surface area contributed by atoms with Gasteiger partial charge in [-0.15, -0.1) is 0 Å². The van der Waals surface area contributed by atoms with E-state index >= 15 is 0 Å². The Kier molecular flexibility index (Phi) is 4.14. The smallest absolute Gasteiger partial charge is 0.220 e. The van der Waals surface area contributed by atoms with Crippen molar-refractivity contribution in [1.29, 1.82) is 5.53 Å². The number of hydrogen-bond donors (Lipinski definition) is 1. The van der Waals surface area contributed by atoms with Crippen molar-refractivity contribution in [2.45, 2.75) is 6.92 Å². The fourth-order valence-corrected chi connectivity index (χ4v) is 1.33. The molecule has 6 heteroatoms. The Morgan fingerprint density at radius 1 is 1.59 bits per heavy atom. The Balaban J connectivity index is 3.16. The van der Waals surface area contributed by atoms with Crippen molar-refractivity contribution in [3.05, 3.63) is 35.0 Å². The van der Waals surface area contributed by atoms with Crippen LogP contribution in [0.1, 0.15) is 11.1 Å². The Bertz CT molecular complexity index is 513. The Morgan fingerprint density at radius 2 is 2.29 bits per heavy atom. The average Bonchev–Trinajstić information content (AvgIpc) is 2.28. The summed E-state index contributed by atoms with van der Waals surface area (Å²) in [6, 6.07) is 5.13. The predicted octanol–water partition coefficient (Wildman–Crippen LogP) is 0.645. The number of carboxylic acid groups (broad SMARTS) is 1. The van der Waals surface area contributed by atoms with Gasteiger partial charge in [-0.2, -0.15) is 0 Å². The molecular formula is C11H11N3O3. The van der Waals surface area contributed by atoms with E-state index in [9.17, 15) is 9.90 Å². The maximum atomic E-state index is 10.7. The summed E-state index contributed by atoms with van der Waals surface area (Å²) in [5.41, 5.74) is 7.59. The number of carboxylic acids is 1. The molecule has 0 bridgehead atoms. The van der Waals surface area contributed by atoms with Crippen LogP contribution in [0.5, 0.6) is 5.75 Å². The van der Waals surface area contributed by atoms with Gasteiger partial charge in [0.15, 0.2) is 10.8 Å². The standard InChI is InChI=1S/C11H11N3O3/c1-7-5-8(3-4-10(7)17-2)6-9(11(15)16)13-14-12/h3-6,12H,1-2H3. The molecule has 0 aromatic heterocycles. The molecule has 6 nitrogen and oxygen atoms in total. The molecule has 0 aliphatic carbocycles. The first kappa shape index (κ1) is 12.6. The van der Waals surface area contributed by atoms with E-state index in [4.69, 9.17) is 10.3 Å². The number of aryl methyl sites for hydroxylation is 1. The van der Waals surface area contributed by atoms with Crippen LogP contribution < -0.4 is 14.8 Å². The van der Waals surface area contributed by atoms with E-state index in [2.05, 4.69) is 10.0 Å². The highest BCUT2D eigenvalue weighted by molar-refractivity contribution is 5.90. The third-order valence-electron chi connectivity index (χ3n) is 2.09. The number of aliphatic carboxylic acids is 1. The minimum Gasteiger partial charge on any atom is -0.543 e. The Labute approximate surface area is 97.8 Å². The van der Waals surface area contributed by atoms with E-state index in [-0.39, 0.29) is 0 Å². The van der Waals surface area contributed by atoms with Gasteiger partial charge in [-0.3, -0.25) is 0 Å². The van der Waals surface area contributed by atoms with Gasteiger partial charge in [0.05, 0.1) is 13.1 Å².